The summed E-state index contributed by atoms with van der Waals surface area (Å²) in [5, 5.41) is 10.2. The lowest BCUT2D eigenvalue weighted by molar-refractivity contribution is 0.0706. The summed E-state index contributed by atoms with van der Waals surface area (Å²) in [7, 11) is 0. The minimum absolute atomic E-state index is 0.0110. The summed E-state index contributed by atoms with van der Waals surface area (Å²) in [4.78, 5) is 0. The molecule has 3 rings (SSSR count). The molecule has 4 heteroatoms. The molecule has 1 aromatic rings. The van der Waals surface area contributed by atoms with E-state index < -0.39 is 23.6 Å². The second-order valence-electron chi connectivity index (χ2n) is 5.55. The van der Waals surface area contributed by atoms with Crippen molar-refractivity contribution in [2.45, 2.75) is 31.8 Å². The molecule has 2 saturated carbocycles. The van der Waals surface area contributed by atoms with Gasteiger partial charge in [-0.2, -0.15) is 0 Å². The molecule has 1 N–H and O–H groups in total. The summed E-state index contributed by atoms with van der Waals surface area (Å²) < 4.78 is 39.7. The highest BCUT2D eigenvalue weighted by molar-refractivity contribution is 5.23. The molecule has 0 amide bonds. The van der Waals surface area contributed by atoms with Gasteiger partial charge in [-0.25, -0.2) is 13.2 Å². The monoisotopic (exact) mass is 256 g/mol. The summed E-state index contributed by atoms with van der Waals surface area (Å²) in [6.45, 7) is 0. The zero-order valence-electron chi connectivity index (χ0n) is 9.87. The van der Waals surface area contributed by atoms with Crippen molar-refractivity contribution in [3.8, 4) is 0 Å². The van der Waals surface area contributed by atoms with Gasteiger partial charge in [-0.05, 0) is 43.1 Å². The van der Waals surface area contributed by atoms with Gasteiger partial charge in [0, 0.05) is 5.56 Å². The number of aliphatic hydroxyl groups is 1. The Bertz CT molecular complexity index is 474. The molecule has 4 unspecified atom stereocenters. The van der Waals surface area contributed by atoms with Gasteiger partial charge < -0.3 is 5.11 Å². The van der Waals surface area contributed by atoms with Crippen molar-refractivity contribution in [2.75, 3.05) is 0 Å². The number of aliphatic hydroxyl groups excluding tert-OH is 1. The molecule has 0 aromatic heterocycles. The van der Waals surface area contributed by atoms with Crippen LogP contribution in [0.5, 0.6) is 0 Å². The van der Waals surface area contributed by atoms with E-state index in [0.29, 0.717) is 11.8 Å². The van der Waals surface area contributed by atoms with Gasteiger partial charge >= 0.3 is 0 Å². The van der Waals surface area contributed by atoms with E-state index >= 15 is 0 Å². The lowest BCUT2D eigenvalue weighted by Gasteiger charge is -2.27. The molecule has 0 radical (unpaired) electrons. The van der Waals surface area contributed by atoms with E-state index in [1.54, 1.807) is 0 Å². The summed E-state index contributed by atoms with van der Waals surface area (Å²) >= 11 is 0. The minimum Gasteiger partial charge on any atom is -0.388 e. The van der Waals surface area contributed by atoms with Crippen LogP contribution >= 0.6 is 0 Å². The first-order chi connectivity index (χ1) is 8.58. The largest absolute Gasteiger partial charge is 0.388 e. The van der Waals surface area contributed by atoms with Crippen molar-refractivity contribution < 1.29 is 18.3 Å². The molecule has 1 nitrogen and oxygen atoms in total. The summed E-state index contributed by atoms with van der Waals surface area (Å²) in [5.41, 5.74) is -0.105. The first kappa shape index (κ1) is 12.0. The molecule has 2 bridgehead atoms. The van der Waals surface area contributed by atoms with Crippen molar-refractivity contribution >= 4 is 0 Å². The van der Waals surface area contributed by atoms with Crippen LogP contribution in [-0.4, -0.2) is 5.11 Å². The predicted molar refractivity (Wildman–Crippen MR) is 60.2 cm³/mol. The van der Waals surface area contributed by atoms with Crippen LogP contribution in [-0.2, 0) is 0 Å². The third kappa shape index (κ3) is 1.74. The van der Waals surface area contributed by atoms with E-state index in [0.717, 1.165) is 31.4 Å². The Balaban J connectivity index is 1.89. The van der Waals surface area contributed by atoms with Crippen LogP contribution in [0.2, 0.25) is 0 Å². The number of fused-ring (bicyclic) bond motifs is 2. The van der Waals surface area contributed by atoms with Crippen molar-refractivity contribution in [2.24, 2.45) is 17.8 Å². The molecule has 2 aliphatic rings. The first-order valence-electron chi connectivity index (χ1n) is 6.39. The van der Waals surface area contributed by atoms with E-state index in [2.05, 4.69) is 0 Å². The molecule has 2 fully saturated rings. The van der Waals surface area contributed by atoms with Crippen LogP contribution in [0.15, 0.2) is 12.1 Å². The second-order valence-corrected chi connectivity index (χ2v) is 5.55. The van der Waals surface area contributed by atoms with Crippen molar-refractivity contribution in [3.05, 3.63) is 35.1 Å². The van der Waals surface area contributed by atoms with Crippen molar-refractivity contribution in [1.82, 2.24) is 0 Å². The van der Waals surface area contributed by atoms with Crippen LogP contribution in [0, 0.1) is 35.2 Å². The van der Waals surface area contributed by atoms with Crippen LogP contribution in [0.4, 0.5) is 13.2 Å². The van der Waals surface area contributed by atoms with Gasteiger partial charge in [-0.3, -0.25) is 0 Å². The Morgan fingerprint density at radius 1 is 1.06 bits per heavy atom. The highest BCUT2D eigenvalue weighted by Crippen LogP contribution is 2.52. The molecular weight excluding hydrogens is 241 g/mol. The maximum Gasteiger partial charge on any atom is 0.194 e. The fourth-order valence-corrected chi connectivity index (χ4v) is 3.68. The van der Waals surface area contributed by atoms with Gasteiger partial charge in [0.15, 0.2) is 17.5 Å². The van der Waals surface area contributed by atoms with Gasteiger partial charge in [-0.1, -0.05) is 12.5 Å². The molecule has 4 atom stereocenters. The van der Waals surface area contributed by atoms with E-state index in [-0.39, 0.29) is 11.5 Å². The lowest BCUT2D eigenvalue weighted by Crippen LogP contribution is -2.20. The topological polar surface area (TPSA) is 20.2 Å². The fraction of sp³-hybridized carbons (Fsp3) is 0.571. The first-order valence-corrected chi connectivity index (χ1v) is 6.39. The number of halogens is 3. The second kappa shape index (κ2) is 4.26. The number of rotatable bonds is 2. The molecule has 18 heavy (non-hydrogen) atoms. The molecule has 0 aliphatic heterocycles. The normalized spacial score (nSPS) is 31.9. The van der Waals surface area contributed by atoms with Crippen molar-refractivity contribution in [1.29, 1.82) is 0 Å². The third-order valence-electron chi connectivity index (χ3n) is 4.58. The highest BCUT2D eigenvalue weighted by Gasteiger charge is 2.43. The summed E-state index contributed by atoms with van der Waals surface area (Å²) in [6, 6.07) is 2.04. The van der Waals surface area contributed by atoms with Gasteiger partial charge in [0.25, 0.3) is 0 Å². The average Bonchev–Trinajstić information content (AvgIpc) is 2.97. The molecule has 0 saturated heterocycles. The average molecular weight is 256 g/mol. The Kier molecular flexibility index (Phi) is 2.85. The molecule has 0 spiro atoms. The van der Waals surface area contributed by atoms with E-state index in [1.807, 2.05) is 0 Å². The lowest BCUT2D eigenvalue weighted by atomic mass is 9.82. The maximum atomic E-state index is 13.6. The van der Waals surface area contributed by atoms with Crippen molar-refractivity contribution in [3.63, 3.8) is 0 Å². The van der Waals surface area contributed by atoms with E-state index in [1.165, 1.54) is 6.42 Å². The zero-order valence-corrected chi connectivity index (χ0v) is 9.87. The molecule has 1 aromatic carbocycles. The Morgan fingerprint density at radius 2 is 1.83 bits per heavy atom. The Labute approximate surface area is 104 Å². The van der Waals surface area contributed by atoms with Gasteiger partial charge in [-0.15, -0.1) is 0 Å². The maximum absolute atomic E-state index is 13.6. The zero-order chi connectivity index (χ0) is 12.9. The van der Waals surface area contributed by atoms with E-state index in [9.17, 15) is 18.3 Å². The Hall–Kier alpha value is -1.03. The van der Waals surface area contributed by atoms with Gasteiger partial charge in [0.1, 0.15) is 0 Å². The highest BCUT2D eigenvalue weighted by atomic mass is 19.2. The third-order valence-corrected chi connectivity index (χ3v) is 4.58. The number of hydrogen-bond donors (Lipinski definition) is 1. The van der Waals surface area contributed by atoms with Crippen LogP contribution in [0.1, 0.15) is 37.4 Å². The Morgan fingerprint density at radius 3 is 2.44 bits per heavy atom. The number of hydrogen-bond acceptors (Lipinski definition) is 1. The molecule has 0 heterocycles. The molecular formula is C14H15F3O. The standard InChI is InChI=1S/C14H15F3O/c15-11-4-3-9(12(16)13(11)17)14(18)10-6-7-1-2-8(10)5-7/h3-4,7-8,10,14,18H,1-2,5-6H2. The predicted octanol–water partition coefficient (Wildman–Crippen LogP) is 3.57. The number of benzene rings is 1. The van der Waals surface area contributed by atoms with Gasteiger partial charge in [0.05, 0.1) is 6.10 Å². The quantitative estimate of drug-likeness (QED) is 0.802. The van der Waals surface area contributed by atoms with E-state index in [4.69, 9.17) is 0 Å². The summed E-state index contributed by atoms with van der Waals surface area (Å²) in [6.07, 6.45) is 3.15. The van der Waals surface area contributed by atoms with Gasteiger partial charge in [0.2, 0.25) is 0 Å². The smallest absolute Gasteiger partial charge is 0.194 e. The fourth-order valence-electron chi connectivity index (χ4n) is 3.68. The SMILES string of the molecule is OC(c1ccc(F)c(F)c1F)C1CC2CCC1C2. The van der Waals surface area contributed by atoms with Crippen LogP contribution < -0.4 is 0 Å². The minimum atomic E-state index is -1.49. The van der Waals surface area contributed by atoms with Crippen LogP contribution in [0.3, 0.4) is 0 Å². The summed E-state index contributed by atoms with van der Waals surface area (Å²) in [5.74, 6) is -2.94. The molecule has 2 aliphatic carbocycles. The molecule has 98 valence electrons. The van der Waals surface area contributed by atoms with Crippen LogP contribution in [0.25, 0.3) is 0 Å².